The topological polar surface area (TPSA) is 111 Å². The molecule has 2 heterocycles. The normalized spacial score (nSPS) is 14.4. The molecular formula is C28H27N5O3. The first-order chi connectivity index (χ1) is 17.5. The zero-order valence-corrected chi connectivity index (χ0v) is 19.9. The number of carbonyl (C=O) groups is 2. The second-order valence-electron chi connectivity index (χ2n) is 8.58. The van der Waals surface area contributed by atoms with E-state index in [0.717, 1.165) is 29.0 Å². The number of aromatic nitrogens is 2. The lowest BCUT2D eigenvalue weighted by Crippen LogP contribution is -2.26. The quantitative estimate of drug-likeness (QED) is 0.336. The Labute approximate surface area is 209 Å². The number of para-hydroxylation sites is 1. The molecule has 36 heavy (non-hydrogen) atoms. The van der Waals surface area contributed by atoms with E-state index in [1.54, 1.807) is 0 Å². The van der Waals surface area contributed by atoms with Crippen LogP contribution in [0, 0.1) is 0 Å². The molecule has 1 aromatic heterocycles. The van der Waals surface area contributed by atoms with Crippen LogP contribution in [-0.4, -0.2) is 28.1 Å². The number of nitrogens with two attached hydrogens (primary N) is 1. The average molecular weight is 482 g/mol. The maximum absolute atomic E-state index is 12.5. The van der Waals surface area contributed by atoms with Crippen molar-refractivity contribution in [3.05, 3.63) is 90.0 Å². The summed E-state index contributed by atoms with van der Waals surface area (Å²) in [5, 5.41) is 11.1. The number of nitrogens with one attached hydrogen (secondary N) is 2. The molecule has 0 radical (unpaired) electrons. The van der Waals surface area contributed by atoms with Gasteiger partial charge in [-0.25, -0.2) is 4.68 Å². The van der Waals surface area contributed by atoms with Gasteiger partial charge in [0.15, 0.2) is 0 Å². The monoisotopic (exact) mass is 481 g/mol. The summed E-state index contributed by atoms with van der Waals surface area (Å²) in [5.41, 5.74) is 9.17. The summed E-state index contributed by atoms with van der Waals surface area (Å²) < 4.78 is 7.72. The second-order valence-corrected chi connectivity index (χ2v) is 8.58. The summed E-state index contributed by atoms with van der Waals surface area (Å²) in [5.74, 6) is 1.42. The lowest BCUT2D eigenvalue weighted by Gasteiger charge is -2.26. The Bertz CT molecular complexity index is 1400. The number of rotatable bonds is 7. The second kappa shape index (κ2) is 9.95. The van der Waals surface area contributed by atoms with Crippen molar-refractivity contribution in [3.8, 4) is 22.8 Å². The number of ether oxygens (including phenoxy) is 1. The molecule has 0 fully saturated rings. The van der Waals surface area contributed by atoms with Crippen molar-refractivity contribution in [3.63, 3.8) is 0 Å². The first-order valence-corrected chi connectivity index (χ1v) is 11.9. The zero-order valence-electron chi connectivity index (χ0n) is 19.9. The Morgan fingerprint density at radius 3 is 2.53 bits per heavy atom. The van der Waals surface area contributed by atoms with Gasteiger partial charge in [-0.2, -0.15) is 5.10 Å². The van der Waals surface area contributed by atoms with Crippen LogP contribution < -0.4 is 21.1 Å². The summed E-state index contributed by atoms with van der Waals surface area (Å²) in [6.45, 7) is 2.47. The van der Waals surface area contributed by atoms with E-state index in [1.165, 1.54) is 0 Å². The van der Waals surface area contributed by atoms with Gasteiger partial charge in [0.25, 0.3) is 5.91 Å². The Morgan fingerprint density at radius 1 is 1.06 bits per heavy atom. The highest BCUT2D eigenvalue weighted by atomic mass is 16.5. The fourth-order valence-corrected chi connectivity index (χ4v) is 4.40. The van der Waals surface area contributed by atoms with E-state index in [2.05, 4.69) is 10.6 Å². The summed E-state index contributed by atoms with van der Waals surface area (Å²) in [6, 6.07) is 24.6. The van der Waals surface area contributed by atoms with Gasteiger partial charge in [-0.1, -0.05) is 37.3 Å². The molecule has 1 atom stereocenters. The third-order valence-electron chi connectivity index (χ3n) is 6.15. The van der Waals surface area contributed by atoms with Crippen LogP contribution in [0.25, 0.3) is 11.3 Å². The Kier molecular flexibility index (Phi) is 6.40. The van der Waals surface area contributed by atoms with Gasteiger partial charge in [-0.05, 0) is 60.5 Å². The molecule has 1 unspecified atom stereocenters. The molecule has 4 N–H and O–H groups in total. The van der Waals surface area contributed by atoms with Crippen molar-refractivity contribution in [2.75, 3.05) is 17.2 Å². The molecule has 0 spiro atoms. The van der Waals surface area contributed by atoms with Crippen molar-refractivity contribution in [2.45, 2.75) is 25.8 Å². The average Bonchev–Trinajstić information content (AvgIpc) is 3.30. The molecule has 4 aromatic rings. The lowest BCUT2D eigenvalue weighted by atomic mass is 10.0. The lowest BCUT2D eigenvalue weighted by molar-refractivity contribution is -0.115. The third kappa shape index (κ3) is 4.65. The van der Waals surface area contributed by atoms with Crippen molar-refractivity contribution in [1.82, 2.24) is 9.78 Å². The van der Waals surface area contributed by atoms with Gasteiger partial charge in [0.05, 0.1) is 6.04 Å². The van der Waals surface area contributed by atoms with Gasteiger partial charge in [0, 0.05) is 24.2 Å². The predicted molar refractivity (Wildman–Crippen MR) is 139 cm³/mol. The molecule has 0 bridgehead atoms. The van der Waals surface area contributed by atoms with E-state index in [0.29, 0.717) is 35.8 Å². The smallest absolute Gasteiger partial charge is 0.254 e. The van der Waals surface area contributed by atoms with E-state index in [1.807, 2.05) is 90.5 Å². The number of hydrogen-bond donors (Lipinski definition) is 3. The van der Waals surface area contributed by atoms with Crippen LogP contribution in [0.15, 0.2) is 78.9 Å². The van der Waals surface area contributed by atoms with Gasteiger partial charge in [0.1, 0.15) is 28.6 Å². The van der Waals surface area contributed by atoms with Gasteiger partial charge < -0.3 is 21.1 Å². The summed E-state index contributed by atoms with van der Waals surface area (Å²) in [4.78, 5) is 24.4. The number of amides is 2. The van der Waals surface area contributed by atoms with E-state index in [-0.39, 0.29) is 11.9 Å². The molecule has 0 aliphatic carbocycles. The van der Waals surface area contributed by atoms with Crippen LogP contribution in [-0.2, 0) is 4.79 Å². The summed E-state index contributed by atoms with van der Waals surface area (Å²) in [7, 11) is 0. The summed E-state index contributed by atoms with van der Waals surface area (Å²) in [6.07, 6.45) is 1.17. The minimum Gasteiger partial charge on any atom is -0.457 e. The largest absolute Gasteiger partial charge is 0.457 e. The number of primary amides is 1. The van der Waals surface area contributed by atoms with E-state index >= 15 is 0 Å². The molecule has 3 aromatic carbocycles. The number of anilines is 2. The van der Waals surface area contributed by atoms with Crippen LogP contribution in [0.5, 0.6) is 11.5 Å². The maximum Gasteiger partial charge on any atom is 0.254 e. The number of nitrogens with zero attached hydrogens (tertiary/aromatic N) is 2. The number of hydrogen-bond acceptors (Lipinski definition) is 5. The molecule has 8 heteroatoms. The molecule has 5 rings (SSSR count). The highest BCUT2D eigenvalue weighted by molar-refractivity contribution is 6.04. The molecule has 2 amide bonds. The van der Waals surface area contributed by atoms with Crippen LogP contribution in [0.2, 0.25) is 0 Å². The Balaban J connectivity index is 1.49. The van der Waals surface area contributed by atoms with Gasteiger partial charge in [-0.3, -0.25) is 9.59 Å². The summed E-state index contributed by atoms with van der Waals surface area (Å²) >= 11 is 0. The molecule has 1 aliphatic rings. The van der Waals surface area contributed by atoms with E-state index in [9.17, 15) is 9.59 Å². The number of benzene rings is 3. The van der Waals surface area contributed by atoms with Crippen LogP contribution in [0.1, 0.15) is 41.7 Å². The SMILES string of the molecule is CCC(=O)Nc1cccc(C2CCNc3c(C(N)=O)c(-c4ccc(Oc5ccccc5)cc4)nn32)c1. The Morgan fingerprint density at radius 2 is 1.81 bits per heavy atom. The fraction of sp³-hybridized carbons (Fsp3) is 0.179. The van der Waals surface area contributed by atoms with Crippen molar-refractivity contribution >= 4 is 23.3 Å². The predicted octanol–water partition coefficient (Wildman–Crippen LogP) is 5.19. The minimum absolute atomic E-state index is 0.0461. The molecule has 8 nitrogen and oxygen atoms in total. The highest BCUT2D eigenvalue weighted by Gasteiger charge is 2.30. The fourth-order valence-electron chi connectivity index (χ4n) is 4.40. The highest BCUT2D eigenvalue weighted by Crippen LogP contribution is 2.37. The molecule has 182 valence electrons. The zero-order chi connectivity index (χ0) is 25.1. The van der Waals surface area contributed by atoms with E-state index < -0.39 is 5.91 Å². The molecular weight excluding hydrogens is 454 g/mol. The van der Waals surface area contributed by atoms with Crippen LogP contribution >= 0.6 is 0 Å². The Hall–Kier alpha value is -4.59. The van der Waals surface area contributed by atoms with E-state index in [4.69, 9.17) is 15.6 Å². The minimum atomic E-state index is -0.548. The number of fused-ring (bicyclic) bond motifs is 1. The van der Waals surface area contributed by atoms with Crippen molar-refractivity contribution < 1.29 is 14.3 Å². The van der Waals surface area contributed by atoms with Crippen molar-refractivity contribution in [1.29, 1.82) is 0 Å². The van der Waals surface area contributed by atoms with Crippen molar-refractivity contribution in [2.24, 2.45) is 5.73 Å². The number of carbonyl (C=O) groups excluding carboxylic acids is 2. The first kappa shape index (κ1) is 23.2. The first-order valence-electron chi connectivity index (χ1n) is 11.9. The third-order valence-corrected chi connectivity index (χ3v) is 6.15. The van der Waals surface area contributed by atoms with Crippen LogP contribution in [0.3, 0.4) is 0 Å². The van der Waals surface area contributed by atoms with Gasteiger partial charge >= 0.3 is 0 Å². The maximum atomic E-state index is 12.5. The van der Waals surface area contributed by atoms with Gasteiger partial charge in [0.2, 0.25) is 5.91 Å². The van der Waals surface area contributed by atoms with Gasteiger partial charge in [-0.15, -0.1) is 0 Å². The van der Waals surface area contributed by atoms with Crippen LogP contribution in [0.4, 0.5) is 11.5 Å². The molecule has 1 aliphatic heterocycles. The standard InChI is InChI=1S/C28H27N5O3/c1-2-24(34)31-20-8-6-7-19(17-20)23-15-16-30-28-25(27(29)35)26(32-33(23)28)18-11-13-22(14-12-18)36-21-9-4-3-5-10-21/h3-14,17,23,30H,2,15-16H2,1H3,(H2,29,35)(H,31,34). The molecule has 0 saturated carbocycles. The molecule has 0 saturated heterocycles.